The normalized spacial score (nSPS) is 11.1. The number of rotatable bonds is 2. The number of anilines is 1. The average molecular weight is 258 g/mol. The minimum atomic E-state index is -0.828. The van der Waals surface area contributed by atoms with E-state index >= 15 is 0 Å². The summed E-state index contributed by atoms with van der Waals surface area (Å²) in [6.45, 7) is 0.476. The van der Waals surface area contributed by atoms with Crippen molar-refractivity contribution in [2.75, 3.05) is 5.73 Å². The lowest BCUT2D eigenvalue weighted by Crippen LogP contribution is -1.99. The molecule has 0 fully saturated rings. The van der Waals surface area contributed by atoms with Gasteiger partial charge >= 0.3 is 0 Å². The van der Waals surface area contributed by atoms with Gasteiger partial charge in [-0.15, -0.1) is 0 Å². The lowest BCUT2D eigenvalue weighted by atomic mass is 10.2. The monoisotopic (exact) mass is 258 g/mol. The van der Waals surface area contributed by atoms with Gasteiger partial charge in [-0.05, 0) is 41.3 Å². The average Bonchev–Trinajstić information content (AvgIpc) is 2.77. The van der Waals surface area contributed by atoms with Crippen LogP contribution in [0, 0.1) is 11.6 Å². The number of aromatic nitrogens is 1. The van der Waals surface area contributed by atoms with Crippen LogP contribution in [-0.2, 0) is 6.54 Å². The summed E-state index contributed by atoms with van der Waals surface area (Å²) in [5, 5.41) is 1.07. The van der Waals surface area contributed by atoms with Crippen molar-refractivity contribution in [1.82, 2.24) is 4.57 Å². The van der Waals surface area contributed by atoms with Gasteiger partial charge < -0.3 is 10.3 Å². The molecular formula is C15H12F2N2. The standard InChI is InChI=1S/C15H12F2N2/c16-13-4-1-10(7-14(13)17)9-19-6-5-11-2-3-12(18)8-15(11)19/h1-8H,9,18H2. The Hall–Kier alpha value is -2.36. The molecule has 0 saturated heterocycles. The molecule has 1 heterocycles. The maximum atomic E-state index is 13.2. The van der Waals surface area contributed by atoms with Crippen LogP contribution in [0.25, 0.3) is 10.9 Å². The lowest BCUT2D eigenvalue weighted by Gasteiger charge is -2.07. The summed E-state index contributed by atoms with van der Waals surface area (Å²) >= 11 is 0. The molecule has 4 heteroatoms. The molecule has 0 spiro atoms. The molecule has 96 valence electrons. The van der Waals surface area contributed by atoms with Crippen LogP contribution in [0.2, 0.25) is 0 Å². The predicted octanol–water partition coefficient (Wildman–Crippen LogP) is 3.55. The molecule has 1 aromatic heterocycles. The zero-order chi connectivity index (χ0) is 13.4. The molecule has 19 heavy (non-hydrogen) atoms. The van der Waals surface area contributed by atoms with Gasteiger partial charge in [0, 0.05) is 18.4 Å². The first-order valence-electron chi connectivity index (χ1n) is 5.92. The fraction of sp³-hybridized carbons (Fsp3) is 0.0667. The van der Waals surface area contributed by atoms with Crippen LogP contribution >= 0.6 is 0 Å². The molecule has 0 aliphatic carbocycles. The second kappa shape index (κ2) is 4.39. The van der Waals surface area contributed by atoms with Gasteiger partial charge in [-0.25, -0.2) is 8.78 Å². The maximum absolute atomic E-state index is 13.2. The Kier molecular flexibility index (Phi) is 2.71. The molecule has 0 atom stereocenters. The van der Waals surface area contributed by atoms with Crippen molar-refractivity contribution in [3.8, 4) is 0 Å². The van der Waals surface area contributed by atoms with E-state index in [1.165, 1.54) is 6.07 Å². The molecule has 2 nitrogen and oxygen atoms in total. The van der Waals surface area contributed by atoms with Crippen molar-refractivity contribution in [3.63, 3.8) is 0 Å². The predicted molar refractivity (Wildman–Crippen MR) is 71.8 cm³/mol. The van der Waals surface area contributed by atoms with Gasteiger partial charge in [0.2, 0.25) is 0 Å². The Morgan fingerprint density at radius 1 is 0.947 bits per heavy atom. The van der Waals surface area contributed by atoms with Gasteiger partial charge in [0.05, 0.1) is 5.52 Å². The molecule has 0 aliphatic heterocycles. The number of benzene rings is 2. The fourth-order valence-electron chi connectivity index (χ4n) is 2.17. The number of fused-ring (bicyclic) bond motifs is 1. The number of halogens is 2. The highest BCUT2D eigenvalue weighted by atomic mass is 19.2. The van der Waals surface area contributed by atoms with Gasteiger partial charge in [-0.1, -0.05) is 12.1 Å². The number of nitrogens with zero attached hydrogens (tertiary/aromatic N) is 1. The minimum Gasteiger partial charge on any atom is -0.399 e. The zero-order valence-electron chi connectivity index (χ0n) is 10.1. The second-order valence-corrected chi connectivity index (χ2v) is 4.51. The van der Waals surface area contributed by atoms with Crippen molar-refractivity contribution >= 4 is 16.6 Å². The molecule has 3 rings (SSSR count). The highest BCUT2D eigenvalue weighted by Crippen LogP contribution is 2.20. The topological polar surface area (TPSA) is 30.9 Å². The first kappa shape index (κ1) is 11.7. The van der Waals surface area contributed by atoms with Gasteiger partial charge in [0.15, 0.2) is 11.6 Å². The molecule has 0 bridgehead atoms. The van der Waals surface area contributed by atoms with Crippen LogP contribution in [0.3, 0.4) is 0 Å². The molecular weight excluding hydrogens is 246 g/mol. The number of hydrogen-bond donors (Lipinski definition) is 1. The second-order valence-electron chi connectivity index (χ2n) is 4.51. The maximum Gasteiger partial charge on any atom is 0.159 e. The van der Waals surface area contributed by atoms with Gasteiger partial charge in [-0.3, -0.25) is 0 Å². The van der Waals surface area contributed by atoms with E-state index in [0.29, 0.717) is 17.8 Å². The largest absolute Gasteiger partial charge is 0.399 e. The zero-order valence-corrected chi connectivity index (χ0v) is 10.1. The number of hydrogen-bond acceptors (Lipinski definition) is 1. The SMILES string of the molecule is Nc1ccc2ccn(Cc3ccc(F)c(F)c3)c2c1. The summed E-state index contributed by atoms with van der Waals surface area (Å²) in [4.78, 5) is 0. The summed E-state index contributed by atoms with van der Waals surface area (Å²) in [6.07, 6.45) is 1.91. The minimum absolute atomic E-state index is 0.476. The van der Waals surface area contributed by atoms with Crippen molar-refractivity contribution in [2.24, 2.45) is 0 Å². The van der Waals surface area contributed by atoms with E-state index in [1.54, 1.807) is 6.07 Å². The Morgan fingerprint density at radius 2 is 1.79 bits per heavy atom. The highest BCUT2D eigenvalue weighted by Gasteiger charge is 2.05. The van der Waals surface area contributed by atoms with Crippen molar-refractivity contribution < 1.29 is 8.78 Å². The van der Waals surface area contributed by atoms with Gasteiger partial charge in [-0.2, -0.15) is 0 Å². The molecule has 0 radical (unpaired) electrons. The Bertz CT molecular complexity index is 747. The molecule has 3 aromatic rings. The third-order valence-corrected chi connectivity index (χ3v) is 3.13. The van der Waals surface area contributed by atoms with E-state index in [4.69, 9.17) is 5.73 Å². The smallest absolute Gasteiger partial charge is 0.159 e. The Balaban J connectivity index is 2.00. The van der Waals surface area contributed by atoms with Crippen LogP contribution in [0.5, 0.6) is 0 Å². The number of nitrogens with two attached hydrogens (primary N) is 1. The van der Waals surface area contributed by atoms with Gasteiger partial charge in [0.1, 0.15) is 0 Å². The Morgan fingerprint density at radius 3 is 2.58 bits per heavy atom. The summed E-state index contributed by atoms with van der Waals surface area (Å²) in [6, 6.07) is 11.6. The fourth-order valence-corrected chi connectivity index (χ4v) is 2.17. The molecule has 0 unspecified atom stereocenters. The van der Waals surface area contributed by atoms with Crippen LogP contribution in [0.1, 0.15) is 5.56 Å². The third-order valence-electron chi connectivity index (χ3n) is 3.13. The van der Waals surface area contributed by atoms with E-state index in [-0.39, 0.29) is 0 Å². The summed E-state index contributed by atoms with van der Waals surface area (Å²) in [5.74, 6) is -1.65. The van der Waals surface area contributed by atoms with Crippen LogP contribution in [-0.4, -0.2) is 4.57 Å². The van der Waals surface area contributed by atoms with E-state index in [0.717, 1.165) is 17.0 Å². The molecule has 2 N–H and O–H groups in total. The first-order valence-corrected chi connectivity index (χ1v) is 5.92. The third kappa shape index (κ3) is 2.17. The lowest BCUT2D eigenvalue weighted by molar-refractivity contribution is 0.506. The van der Waals surface area contributed by atoms with Gasteiger partial charge in [0.25, 0.3) is 0 Å². The van der Waals surface area contributed by atoms with Crippen LogP contribution < -0.4 is 5.73 Å². The van der Waals surface area contributed by atoms with Crippen molar-refractivity contribution in [2.45, 2.75) is 6.54 Å². The van der Waals surface area contributed by atoms with E-state index in [9.17, 15) is 8.78 Å². The van der Waals surface area contributed by atoms with Crippen LogP contribution in [0.15, 0.2) is 48.7 Å². The summed E-state index contributed by atoms with van der Waals surface area (Å²) in [5.41, 5.74) is 8.13. The molecule has 0 amide bonds. The van der Waals surface area contributed by atoms with E-state index in [2.05, 4.69) is 0 Å². The van der Waals surface area contributed by atoms with E-state index < -0.39 is 11.6 Å². The van der Waals surface area contributed by atoms with Crippen molar-refractivity contribution in [3.05, 3.63) is 65.9 Å². The highest BCUT2D eigenvalue weighted by molar-refractivity contribution is 5.83. The van der Waals surface area contributed by atoms with Crippen molar-refractivity contribution in [1.29, 1.82) is 0 Å². The van der Waals surface area contributed by atoms with E-state index in [1.807, 2.05) is 35.0 Å². The molecule has 2 aromatic carbocycles. The quantitative estimate of drug-likeness (QED) is 0.700. The Labute approximate surface area is 109 Å². The summed E-state index contributed by atoms with van der Waals surface area (Å²) < 4.78 is 28.0. The number of nitrogen functional groups attached to an aromatic ring is 1. The first-order chi connectivity index (χ1) is 9.13. The molecule has 0 aliphatic rings. The summed E-state index contributed by atoms with van der Waals surface area (Å²) in [7, 11) is 0. The van der Waals surface area contributed by atoms with Crippen LogP contribution in [0.4, 0.5) is 14.5 Å². The molecule has 0 saturated carbocycles.